The molecule has 0 fully saturated rings. The van der Waals surface area contributed by atoms with E-state index in [0.717, 1.165) is 6.54 Å². The highest BCUT2D eigenvalue weighted by atomic mass is 35.5. The Balaban J connectivity index is 0.000000640. The zero-order valence-corrected chi connectivity index (χ0v) is 10.2. The minimum atomic E-state index is 0. The van der Waals surface area contributed by atoms with Crippen molar-refractivity contribution in [3.05, 3.63) is 46.6 Å². The molecule has 2 nitrogen and oxygen atoms in total. The van der Waals surface area contributed by atoms with E-state index in [1.165, 1.54) is 16.1 Å². The summed E-state index contributed by atoms with van der Waals surface area (Å²) < 4.78 is 0. The Labute approximate surface area is 107 Å². The Bertz CT molecular complexity index is 546. The Kier molecular flexibility index (Phi) is 4.16. The molecule has 0 unspecified atom stereocenters. The lowest BCUT2D eigenvalue weighted by Gasteiger charge is -2.23. The van der Waals surface area contributed by atoms with Gasteiger partial charge in [-0.3, -0.25) is 4.99 Å². The second-order valence-corrected chi connectivity index (χ2v) is 3.44. The number of nitrogens with zero attached hydrogens (tertiary/aromatic N) is 2. The van der Waals surface area contributed by atoms with Crippen molar-refractivity contribution in [3.8, 4) is 0 Å². The quantitative estimate of drug-likeness (QED) is 0.682. The van der Waals surface area contributed by atoms with Crippen molar-refractivity contribution in [3.63, 3.8) is 0 Å². The lowest BCUT2D eigenvalue weighted by molar-refractivity contribution is 0.595. The summed E-state index contributed by atoms with van der Waals surface area (Å²) in [6.07, 6.45) is 8.16. The number of hydrogen-bond acceptors (Lipinski definition) is 2. The first-order chi connectivity index (χ1) is 6.93. The minimum Gasteiger partial charge on any atom is -0.341 e. The molecular weight excluding hydrogens is 243 g/mol. The summed E-state index contributed by atoms with van der Waals surface area (Å²) >= 11 is 0. The molecule has 0 aromatic heterocycles. The van der Waals surface area contributed by atoms with Crippen LogP contribution < -0.4 is 10.4 Å². The maximum Gasteiger partial charge on any atom is 0.0601 e. The molecule has 0 saturated carbocycles. The van der Waals surface area contributed by atoms with Crippen molar-refractivity contribution in [2.24, 2.45) is 4.99 Å². The Morgan fingerprint density at radius 2 is 1.81 bits per heavy atom. The molecule has 4 heteroatoms. The molecule has 1 aromatic rings. The van der Waals surface area contributed by atoms with Crippen LogP contribution in [0.4, 0.5) is 0 Å². The minimum absolute atomic E-state index is 0. The fourth-order valence-electron chi connectivity index (χ4n) is 1.78. The molecule has 1 aromatic carbocycles. The van der Waals surface area contributed by atoms with Gasteiger partial charge in [0, 0.05) is 12.4 Å². The summed E-state index contributed by atoms with van der Waals surface area (Å²) in [5, 5.41) is 2.55. The van der Waals surface area contributed by atoms with Gasteiger partial charge in [-0.1, -0.05) is 24.3 Å². The maximum absolute atomic E-state index is 4.15. The van der Waals surface area contributed by atoms with Crippen LogP contribution >= 0.6 is 24.8 Å². The summed E-state index contributed by atoms with van der Waals surface area (Å²) in [6.45, 7) is 0.872. The van der Waals surface area contributed by atoms with Crippen LogP contribution in [0.25, 0.3) is 12.3 Å². The van der Waals surface area contributed by atoms with Crippen LogP contribution in [-0.4, -0.2) is 17.7 Å². The van der Waals surface area contributed by atoms with E-state index < -0.39 is 0 Å². The van der Waals surface area contributed by atoms with Crippen molar-refractivity contribution >= 4 is 43.3 Å². The van der Waals surface area contributed by atoms with Gasteiger partial charge in [0.15, 0.2) is 0 Å². The number of rotatable bonds is 0. The molecular formula is C12H12Cl2N2. The van der Waals surface area contributed by atoms with Crippen LogP contribution in [0, 0.1) is 0 Å². The molecule has 0 amide bonds. The molecule has 0 aliphatic carbocycles. The second kappa shape index (κ2) is 5.19. The monoisotopic (exact) mass is 254 g/mol. The molecule has 0 atom stereocenters. The zero-order chi connectivity index (χ0) is 9.38. The van der Waals surface area contributed by atoms with Gasteiger partial charge in [0.2, 0.25) is 0 Å². The normalized spacial score (nSPS) is 15.2. The van der Waals surface area contributed by atoms with Crippen LogP contribution in [0.2, 0.25) is 0 Å². The van der Waals surface area contributed by atoms with Gasteiger partial charge in [0.25, 0.3) is 0 Å². The number of halogens is 2. The van der Waals surface area contributed by atoms with Crippen LogP contribution in [0.5, 0.6) is 0 Å². The fraction of sp³-hybridized carbons (Fsp3) is 0.0833. The van der Waals surface area contributed by atoms with Gasteiger partial charge in [0.05, 0.1) is 18.4 Å². The van der Waals surface area contributed by atoms with Gasteiger partial charge < -0.3 is 4.90 Å². The first-order valence-electron chi connectivity index (χ1n) is 4.70. The van der Waals surface area contributed by atoms with Crippen molar-refractivity contribution in [1.29, 1.82) is 0 Å². The summed E-state index contributed by atoms with van der Waals surface area (Å²) in [5.74, 6) is 0. The Morgan fingerprint density at radius 3 is 2.62 bits per heavy atom. The van der Waals surface area contributed by atoms with Gasteiger partial charge >= 0.3 is 0 Å². The van der Waals surface area contributed by atoms with E-state index in [-0.39, 0.29) is 24.8 Å². The first-order valence-corrected chi connectivity index (χ1v) is 4.70. The van der Waals surface area contributed by atoms with Gasteiger partial charge in [0.1, 0.15) is 0 Å². The van der Waals surface area contributed by atoms with E-state index in [0.29, 0.717) is 0 Å². The van der Waals surface area contributed by atoms with Crippen molar-refractivity contribution in [2.45, 2.75) is 0 Å². The molecule has 0 spiro atoms. The second-order valence-electron chi connectivity index (χ2n) is 3.44. The molecule has 0 radical (unpaired) electrons. The Hall–Kier alpha value is -1.25. The maximum atomic E-state index is 4.15. The van der Waals surface area contributed by atoms with Crippen LogP contribution in [0.1, 0.15) is 0 Å². The predicted octanol–water partition coefficient (Wildman–Crippen LogP) is 1.29. The number of fused-ring (bicyclic) bond motifs is 2. The average Bonchev–Trinajstić information content (AvgIpc) is 2.26. The molecule has 2 aliphatic heterocycles. The molecule has 84 valence electrons. The van der Waals surface area contributed by atoms with E-state index in [4.69, 9.17) is 0 Å². The third-order valence-corrected chi connectivity index (χ3v) is 2.52. The molecule has 0 N–H and O–H groups in total. The summed E-state index contributed by atoms with van der Waals surface area (Å²) in [4.78, 5) is 6.36. The number of allylic oxidation sites excluding steroid dienone is 1. The fourth-order valence-corrected chi connectivity index (χ4v) is 1.78. The van der Waals surface area contributed by atoms with Gasteiger partial charge in [-0.2, -0.15) is 0 Å². The van der Waals surface area contributed by atoms with E-state index in [1.54, 1.807) is 0 Å². The van der Waals surface area contributed by atoms with Crippen LogP contribution in [0.15, 0.2) is 41.2 Å². The van der Waals surface area contributed by atoms with E-state index >= 15 is 0 Å². The first kappa shape index (κ1) is 12.8. The third-order valence-electron chi connectivity index (χ3n) is 2.52. The highest BCUT2D eigenvalue weighted by Gasteiger charge is 2.09. The molecule has 16 heavy (non-hydrogen) atoms. The van der Waals surface area contributed by atoms with Crippen molar-refractivity contribution in [2.75, 3.05) is 6.54 Å². The smallest absolute Gasteiger partial charge is 0.0601 e. The molecule has 3 rings (SSSR count). The highest BCUT2D eigenvalue weighted by Crippen LogP contribution is 2.11. The zero-order valence-electron chi connectivity index (χ0n) is 8.54. The third kappa shape index (κ3) is 2.13. The molecule has 0 bridgehead atoms. The predicted molar refractivity (Wildman–Crippen MR) is 72.4 cm³/mol. The molecule has 2 aliphatic rings. The summed E-state index contributed by atoms with van der Waals surface area (Å²) in [7, 11) is 0. The number of aliphatic imine (C=N–C) groups is 1. The summed E-state index contributed by atoms with van der Waals surface area (Å²) in [5.41, 5.74) is 1.17. The average molecular weight is 255 g/mol. The topological polar surface area (TPSA) is 15.6 Å². The largest absolute Gasteiger partial charge is 0.341 e. The summed E-state index contributed by atoms with van der Waals surface area (Å²) in [6, 6.07) is 8.39. The number of hydrogen-bond donors (Lipinski definition) is 0. The van der Waals surface area contributed by atoms with Gasteiger partial charge in [-0.25, -0.2) is 0 Å². The lowest BCUT2D eigenvalue weighted by Crippen LogP contribution is -2.35. The lowest BCUT2D eigenvalue weighted by atomic mass is 10.1. The van der Waals surface area contributed by atoms with E-state index in [9.17, 15) is 0 Å². The Morgan fingerprint density at radius 1 is 1.06 bits per heavy atom. The molecule has 2 heterocycles. The van der Waals surface area contributed by atoms with Crippen molar-refractivity contribution in [1.82, 2.24) is 4.90 Å². The molecule has 0 saturated heterocycles. The van der Waals surface area contributed by atoms with Crippen LogP contribution in [-0.2, 0) is 0 Å². The standard InChI is InChI=1S/C12H10N2.2ClH/c1-2-4-11-9-14-6-5-13-8-12(14)7-10(11)3-1;;/h1-5,7-9H,6H2;2*1H. The van der Waals surface area contributed by atoms with Crippen LogP contribution in [0.3, 0.4) is 0 Å². The van der Waals surface area contributed by atoms with Gasteiger partial charge in [-0.05, 0) is 16.5 Å². The van der Waals surface area contributed by atoms with E-state index in [2.05, 4.69) is 46.4 Å². The SMILES string of the molecule is C1=NC=C2C=c3ccccc3=CN2C1.Cl.Cl. The van der Waals surface area contributed by atoms with E-state index in [1.807, 2.05) is 12.4 Å². The van der Waals surface area contributed by atoms with Gasteiger partial charge in [-0.15, -0.1) is 24.8 Å². The van der Waals surface area contributed by atoms with Crippen molar-refractivity contribution < 1.29 is 0 Å². The number of benzene rings is 1. The highest BCUT2D eigenvalue weighted by molar-refractivity contribution is 5.85.